The third kappa shape index (κ3) is 3.62. The van der Waals surface area contributed by atoms with E-state index in [2.05, 4.69) is 12.2 Å². The molecule has 4 heteroatoms. The summed E-state index contributed by atoms with van der Waals surface area (Å²) in [6.07, 6.45) is 0.0592. The van der Waals surface area contributed by atoms with Crippen molar-refractivity contribution in [2.75, 3.05) is 26.4 Å². The molecule has 1 aromatic carbocycles. The molecule has 2 rings (SSSR count). The van der Waals surface area contributed by atoms with Crippen LogP contribution < -0.4 is 14.8 Å². The Morgan fingerprint density at radius 2 is 2.17 bits per heavy atom. The van der Waals surface area contributed by atoms with Crippen molar-refractivity contribution in [1.29, 1.82) is 0 Å². The van der Waals surface area contributed by atoms with Crippen LogP contribution in [0.25, 0.3) is 0 Å². The maximum Gasteiger partial charge on any atom is 0.161 e. The summed E-state index contributed by atoms with van der Waals surface area (Å²) in [5.74, 6) is 1.66. The van der Waals surface area contributed by atoms with Gasteiger partial charge >= 0.3 is 0 Å². The Morgan fingerprint density at radius 1 is 1.39 bits per heavy atom. The summed E-state index contributed by atoms with van der Waals surface area (Å²) in [5, 5.41) is 3.39. The third-order valence-corrected chi connectivity index (χ3v) is 2.83. The lowest BCUT2D eigenvalue weighted by atomic mass is 10.2. The van der Waals surface area contributed by atoms with Crippen molar-refractivity contribution < 1.29 is 14.2 Å². The van der Waals surface area contributed by atoms with Crippen LogP contribution in [0.5, 0.6) is 11.5 Å². The molecule has 0 amide bonds. The lowest BCUT2D eigenvalue weighted by Gasteiger charge is -2.27. The van der Waals surface area contributed by atoms with E-state index in [0.29, 0.717) is 12.6 Å². The largest absolute Gasteiger partial charge is 0.486 e. The van der Waals surface area contributed by atoms with Crippen LogP contribution in [0, 0.1) is 0 Å². The molecule has 2 atom stereocenters. The van der Waals surface area contributed by atoms with E-state index in [-0.39, 0.29) is 6.10 Å². The fourth-order valence-corrected chi connectivity index (χ4v) is 1.85. The van der Waals surface area contributed by atoms with Crippen LogP contribution in [-0.2, 0) is 4.74 Å². The molecule has 2 unspecified atom stereocenters. The van der Waals surface area contributed by atoms with Gasteiger partial charge in [0.05, 0.1) is 6.61 Å². The van der Waals surface area contributed by atoms with E-state index in [4.69, 9.17) is 14.2 Å². The van der Waals surface area contributed by atoms with Gasteiger partial charge in [-0.1, -0.05) is 12.1 Å². The number of rotatable bonds is 6. The van der Waals surface area contributed by atoms with Gasteiger partial charge in [-0.05, 0) is 26.0 Å². The number of hydrogen-bond donors (Lipinski definition) is 1. The van der Waals surface area contributed by atoms with Crippen molar-refractivity contribution >= 4 is 0 Å². The minimum Gasteiger partial charge on any atom is -0.486 e. The van der Waals surface area contributed by atoms with E-state index >= 15 is 0 Å². The Kier molecular flexibility index (Phi) is 4.84. The average Bonchev–Trinajstić information content (AvgIpc) is 2.42. The summed E-state index contributed by atoms with van der Waals surface area (Å²) in [4.78, 5) is 0. The van der Waals surface area contributed by atoms with Gasteiger partial charge in [0.1, 0.15) is 12.7 Å². The highest BCUT2D eigenvalue weighted by Gasteiger charge is 2.20. The van der Waals surface area contributed by atoms with Gasteiger partial charge in [-0.2, -0.15) is 0 Å². The highest BCUT2D eigenvalue weighted by Crippen LogP contribution is 2.30. The summed E-state index contributed by atoms with van der Waals surface area (Å²) in [6, 6.07) is 8.09. The number of hydrogen-bond acceptors (Lipinski definition) is 4. The second kappa shape index (κ2) is 6.61. The topological polar surface area (TPSA) is 39.7 Å². The predicted molar refractivity (Wildman–Crippen MR) is 70.3 cm³/mol. The molecule has 0 radical (unpaired) electrons. The van der Waals surface area contributed by atoms with Gasteiger partial charge in [0.2, 0.25) is 0 Å². The number of benzene rings is 1. The molecular weight excluding hydrogens is 230 g/mol. The Hall–Kier alpha value is -1.26. The lowest BCUT2D eigenvalue weighted by molar-refractivity contribution is 0.0801. The van der Waals surface area contributed by atoms with Gasteiger partial charge in [0.25, 0.3) is 0 Å². The van der Waals surface area contributed by atoms with Crippen molar-refractivity contribution in [3.8, 4) is 11.5 Å². The Bertz CT molecular complexity index is 370. The molecule has 1 aliphatic heterocycles. The highest BCUT2D eigenvalue weighted by atomic mass is 16.6. The molecule has 100 valence electrons. The molecule has 18 heavy (non-hydrogen) atoms. The number of nitrogens with one attached hydrogen (secondary N) is 1. The maximum atomic E-state index is 5.86. The van der Waals surface area contributed by atoms with E-state index in [0.717, 1.165) is 31.3 Å². The molecule has 1 N–H and O–H groups in total. The van der Waals surface area contributed by atoms with Crippen molar-refractivity contribution in [3.63, 3.8) is 0 Å². The fourth-order valence-electron chi connectivity index (χ4n) is 1.85. The quantitative estimate of drug-likeness (QED) is 0.837. The zero-order valence-electron chi connectivity index (χ0n) is 11.0. The molecule has 1 aliphatic rings. The standard InChI is InChI=1S/C14H21NO3/c1-3-16-9-11(2)15-8-12-10-17-13-6-4-5-7-14(13)18-12/h4-7,11-12,15H,3,8-10H2,1-2H3. The molecular formula is C14H21NO3. The SMILES string of the molecule is CCOCC(C)NCC1COc2ccccc2O1. The summed E-state index contributed by atoms with van der Waals surface area (Å²) < 4.78 is 16.9. The van der Waals surface area contributed by atoms with Crippen LogP contribution in [0.2, 0.25) is 0 Å². The van der Waals surface area contributed by atoms with E-state index in [9.17, 15) is 0 Å². The summed E-state index contributed by atoms with van der Waals surface area (Å²) in [6.45, 7) is 6.94. The van der Waals surface area contributed by atoms with Crippen LogP contribution in [0.4, 0.5) is 0 Å². The molecule has 0 aliphatic carbocycles. The van der Waals surface area contributed by atoms with Crippen LogP contribution in [0.3, 0.4) is 0 Å². The molecule has 1 heterocycles. The maximum absolute atomic E-state index is 5.86. The van der Waals surface area contributed by atoms with E-state index in [1.807, 2.05) is 31.2 Å². The normalized spacial score (nSPS) is 19.6. The van der Waals surface area contributed by atoms with Gasteiger partial charge in [-0.3, -0.25) is 0 Å². The third-order valence-electron chi connectivity index (χ3n) is 2.83. The summed E-state index contributed by atoms with van der Waals surface area (Å²) in [5.41, 5.74) is 0. The predicted octanol–water partition coefficient (Wildman–Crippen LogP) is 1.84. The minimum absolute atomic E-state index is 0.0592. The summed E-state index contributed by atoms with van der Waals surface area (Å²) in [7, 11) is 0. The first-order valence-electron chi connectivity index (χ1n) is 6.49. The van der Waals surface area contributed by atoms with Gasteiger partial charge < -0.3 is 19.5 Å². The van der Waals surface area contributed by atoms with Crippen molar-refractivity contribution in [3.05, 3.63) is 24.3 Å². The van der Waals surface area contributed by atoms with Crippen LogP contribution in [0.1, 0.15) is 13.8 Å². The van der Waals surface area contributed by atoms with Crippen molar-refractivity contribution in [2.45, 2.75) is 26.0 Å². The molecule has 0 saturated heterocycles. The first kappa shape index (κ1) is 13.2. The minimum atomic E-state index is 0.0592. The molecule has 0 aromatic heterocycles. The van der Waals surface area contributed by atoms with E-state index < -0.39 is 0 Å². The van der Waals surface area contributed by atoms with Gasteiger partial charge in [-0.15, -0.1) is 0 Å². The monoisotopic (exact) mass is 251 g/mol. The second-order valence-electron chi connectivity index (χ2n) is 4.47. The Labute approximate surface area is 108 Å². The first-order valence-corrected chi connectivity index (χ1v) is 6.49. The van der Waals surface area contributed by atoms with Gasteiger partial charge in [0.15, 0.2) is 11.5 Å². The summed E-state index contributed by atoms with van der Waals surface area (Å²) >= 11 is 0. The average molecular weight is 251 g/mol. The first-order chi connectivity index (χ1) is 8.79. The highest BCUT2D eigenvalue weighted by molar-refractivity contribution is 5.40. The Balaban J connectivity index is 1.76. The van der Waals surface area contributed by atoms with Crippen LogP contribution >= 0.6 is 0 Å². The molecule has 0 saturated carbocycles. The molecule has 0 bridgehead atoms. The zero-order valence-corrected chi connectivity index (χ0v) is 11.0. The van der Waals surface area contributed by atoms with E-state index in [1.165, 1.54) is 0 Å². The second-order valence-corrected chi connectivity index (χ2v) is 4.47. The van der Waals surface area contributed by atoms with Gasteiger partial charge in [0, 0.05) is 19.2 Å². The molecule has 0 fully saturated rings. The van der Waals surface area contributed by atoms with Gasteiger partial charge in [-0.25, -0.2) is 0 Å². The molecule has 4 nitrogen and oxygen atoms in total. The smallest absolute Gasteiger partial charge is 0.161 e. The van der Waals surface area contributed by atoms with Crippen molar-refractivity contribution in [2.24, 2.45) is 0 Å². The van der Waals surface area contributed by atoms with E-state index in [1.54, 1.807) is 0 Å². The number of ether oxygens (including phenoxy) is 3. The molecule has 1 aromatic rings. The van der Waals surface area contributed by atoms with Crippen molar-refractivity contribution in [1.82, 2.24) is 5.32 Å². The molecule has 0 spiro atoms. The lowest BCUT2D eigenvalue weighted by Crippen LogP contribution is -2.42. The fraction of sp³-hybridized carbons (Fsp3) is 0.571. The van der Waals surface area contributed by atoms with Crippen LogP contribution in [-0.4, -0.2) is 38.5 Å². The zero-order chi connectivity index (χ0) is 12.8. The Morgan fingerprint density at radius 3 is 2.94 bits per heavy atom. The number of fused-ring (bicyclic) bond motifs is 1. The number of para-hydroxylation sites is 2. The van der Waals surface area contributed by atoms with Crippen LogP contribution in [0.15, 0.2) is 24.3 Å².